The molecule has 1 N–H and O–H groups in total. The van der Waals surface area contributed by atoms with Crippen LogP contribution in [-0.2, 0) is 13.6 Å². The Morgan fingerprint density at radius 2 is 2.00 bits per heavy atom. The van der Waals surface area contributed by atoms with Gasteiger partial charge in [0.05, 0.1) is 5.69 Å². The molecule has 0 amide bonds. The Morgan fingerprint density at radius 1 is 1.26 bits per heavy atom. The number of nitrogens with one attached hydrogen (secondary N) is 1. The van der Waals surface area contributed by atoms with E-state index in [4.69, 9.17) is 0 Å². The van der Waals surface area contributed by atoms with Crippen molar-refractivity contribution in [3.05, 3.63) is 41.2 Å². The maximum Gasteiger partial charge on any atom is 0.0643 e. The van der Waals surface area contributed by atoms with Crippen molar-refractivity contribution in [1.29, 1.82) is 0 Å². The molecule has 0 bridgehead atoms. The van der Waals surface area contributed by atoms with Gasteiger partial charge in [0.25, 0.3) is 0 Å². The van der Waals surface area contributed by atoms with E-state index in [1.165, 1.54) is 22.5 Å². The molecule has 0 fully saturated rings. The lowest BCUT2D eigenvalue weighted by atomic mass is 10.1. The van der Waals surface area contributed by atoms with Crippen LogP contribution < -0.4 is 10.2 Å². The summed E-state index contributed by atoms with van der Waals surface area (Å²) in [5.41, 5.74) is 5.97. The van der Waals surface area contributed by atoms with E-state index < -0.39 is 0 Å². The highest BCUT2D eigenvalue weighted by Crippen LogP contribution is 2.22. The molecule has 0 atom stereocenters. The Bertz CT molecular complexity index is 570. The van der Waals surface area contributed by atoms with Crippen LogP contribution in [0.25, 0.3) is 0 Å². The van der Waals surface area contributed by atoms with Gasteiger partial charge < -0.3 is 10.2 Å². The standard InChI is InChI=1S/C15H22N4/c1-11-8-14(18(3)4)6-7-15(11)16-9-13-10-19(5)17-12(13)2/h6-8,10,16H,9H2,1-5H3. The smallest absolute Gasteiger partial charge is 0.0643 e. The molecule has 0 unspecified atom stereocenters. The van der Waals surface area contributed by atoms with Crippen LogP contribution in [-0.4, -0.2) is 23.9 Å². The van der Waals surface area contributed by atoms with E-state index in [1.54, 1.807) is 0 Å². The lowest BCUT2D eigenvalue weighted by Gasteiger charge is -2.16. The molecule has 0 saturated carbocycles. The Balaban J connectivity index is 2.10. The van der Waals surface area contributed by atoms with Gasteiger partial charge in [-0.25, -0.2) is 0 Å². The molecule has 0 spiro atoms. The zero-order valence-corrected chi connectivity index (χ0v) is 12.4. The highest BCUT2D eigenvalue weighted by atomic mass is 15.2. The van der Waals surface area contributed by atoms with Crippen LogP contribution in [0.1, 0.15) is 16.8 Å². The third-order valence-electron chi connectivity index (χ3n) is 3.31. The quantitative estimate of drug-likeness (QED) is 0.915. The first-order chi connectivity index (χ1) is 8.97. The van der Waals surface area contributed by atoms with Crippen LogP contribution in [0, 0.1) is 13.8 Å². The number of benzene rings is 1. The van der Waals surface area contributed by atoms with Crippen molar-refractivity contribution in [3.8, 4) is 0 Å². The number of aromatic nitrogens is 2. The van der Waals surface area contributed by atoms with Gasteiger partial charge in [0, 0.05) is 50.8 Å². The van der Waals surface area contributed by atoms with Gasteiger partial charge in [0.2, 0.25) is 0 Å². The zero-order chi connectivity index (χ0) is 14.0. The molecule has 2 rings (SSSR count). The summed E-state index contributed by atoms with van der Waals surface area (Å²) < 4.78 is 1.86. The van der Waals surface area contributed by atoms with Crippen molar-refractivity contribution in [3.63, 3.8) is 0 Å². The molecule has 0 saturated heterocycles. The molecular weight excluding hydrogens is 236 g/mol. The van der Waals surface area contributed by atoms with Gasteiger partial charge in [-0.2, -0.15) is 5.10 Å². The van der Waals surface area contributed by atoms with Gasteiger partial charge in [0.1, 0.15) is 0 Å². The van der Waals surface area contributed by atoms with Crippen molar-refractivity contribution < 1.29 is 0 Å². The second-order valence-corrected chi connectivity index (χ2v) is 5.16. The first-order valence-corrected chi connectivity index (χ1v) is 6.48. The van der Waals surface area contributed by atoms with Crippen LogP contribution >= 0.6 is 0 Å². The van der Waals surface area contributed by atoms with E-state index in [0.717, 1.165) is 12.2 Å². The number of hydrogen-bond acceptors (Lipinski definition) is 3. The minimum atomic E-state index is 0.807. The Kier molecular flexibility index (Phi) is 3.79. The lowest BCUT2D eigenvalue weighted by Crippen LogP contribution is -2.09. The third-order valence-corrected chi connectivity index (χ3v) is 3.31. The third kappa shape index (κ3) is 3.08. The molecular formula is C15H22N4. The first-order valence-electron chi connectivity index (χ1n) is 6.48. The minimum Gasteiger partial charge on any atom is -0.381 e. The number of hydrogen-bond donors (Lipinski definition) is 1. The topological polar surface area (TPSA) is 33.1 Å². The molecule has 2 aromatic rings. The SMILES string of the molecule is Cc1cc(N(C)C)ccc1NCc1cn(C)nc1C. The van der Waals surface area contributed by atoms with Gasteiger partial charge in [-0.05, 0) is 37.6 Å². The predicted molar refractivity (Wildman–Crippen MR) is 80.8 cm³/mol. The Hall–Kier alpha value is -1.97. The molecule has 1 heterocycles. The highest BCUT2D eigenvalue weighted by Gasteiger charge is 2.05. The molecule has 102 valence electrons. The van der Waals surface area contributed by atoms with Gasteiger partial charge in [-0.15, -0.1) is 0 Å². The summed E-state index contributed by atoms with van der Waals surface area (Å²) in [6.07, 6.45) is 2.06. The van der Waals surface area contributed by atoms with Crippen LogP contribution in [0.15, 0.2) is 24.4 Å². The average molecular weight is 258 g/mol. The van der Waals surface area contributed by atoms with Crippen molar-refractivity contribution in [1.82, 2.24) is 9.78 Å². The minimum absolute atomic E-state index is 0.807. The maximum absolute atomic E-state index is 4.35. The van der Waals surface area contributed by atoms with Crippen LogP contribution in [0.5, 0.6) is 0 Å². The maximum atomic E-state index is 4.35. The summed E-state index contributed by atoms with van der Waals surface area (Å²) in [5, 5.41) is 7.83. The molecule has 1 aromatic heterocycles. The van der Waals surface area contributed by atoms with E-state index in [2.05, 4.69) is 60.7 Å². The normalized spacial score (nSPS) is 10.6. The van der Waals surface area contributed by atoms with E-state index in [-0.39, 0.29) is 0 Å². The van der Waals surface area contributed by atoms with Crippen LogP contribution in [0.2, 0.25) is 0 Å². The summed E-state index contributed by atoms with van der Waals surface area (Å²) in [5.74, 6) is 0. The number of rotatable bonds is 4. The van der Waals surface area contributed by atoms with E-state index in [9.17, 15) is 0 Å². The van der Waals surface area contributed by atoms with Crippen molar-refractivity contribution >= 4 is 11.4 Å². The number of aryl methyl sites for hydroxylation is 3. The molecule has 4 nitrogen and oxygen atoms in total. The van der Waals surface area contributed by atoms with Gasteiger partial charge in [-0.1, -0.05) is 0 Å². The Morgan fingerprint density at radius 3 is 2.53 bits per heavy atom. The van der Waals surface area contributed by atoms with E-state index in [1.807, 2.05) is 18.7 Å². The second-order valence-electron chi connectivity index (χ2n) is 5.16. The fourth-order valence-corrected chi connectivity index (χ4v) is 2.14. The van der Waals surface area contributed by atoms with Crippen molar-refractivity contribution in [2.45, 2.75) is 20.4 Å². The summed E-state index contributed by atoms with van der Waals surface area (Å²) in [4.78, 5) is 2.11. The molecule has 4 heteroatoms. The largest absolute Gasteiger partial charge is 0.381 e. The van der Waals surface area contributed by atoms with Gasteiger partial charge in [-0.3, -0.25) is 4.68 Å². The Labute approximate surface area is 115 Å². The second kappa shape index (κ2) is 5.34. The molecule has 0 aliphatic rings. The fraction of sp³-hybridized carbons (Fsp3) is 0.400. The van der Waals surface area contributed by atoms with Gasteiger partial charge >= 0.3 is 0 Å². The zero-order valence-electron chi connectivity index (χ0n) is 12.4. The summed E-state index contributed by atoms with van der Waals surface area (Å²) in [7, 11) is 6.06. The number of anilines is 2. The summed E-state index contributed by atoms with van der Waals surface area (Å²) in [6.45, 7) is 4.98. The van der Waals surface area contributed by atoms with Crippen molar-refractivity contribution in [2.24, 2.45) is 7.05 Å². The summed E-state index contributed by atoms with van der Waals surface area (Å²) in [6, 6.07) is 6.46. The number of nitrogens with zero attached hydrogens (tertiary/aromatic N) is 3. The molecule has 0 aliphatic carbocycles. The monoisotopic (exact) mass is 258 g/mol. The van der Waals surface area contributed by atoms with Gasteiger partial charge in [0.15, 0.2) is 0 Å². The van der Waals surface area contributed by atoms with Crippen LogP contribution in [0.3, 0.4) is 0 Å². The molecule has 0 radical (unpaired) electrons. The molecule has 1 aromatic carbocycles. The highest BCUT2D eigenvalue weighted by molar-refractivity contribution is 5.59. The first kappa shape index (κ1) is 13.5. The average Bonchev–Trinajstić information content (AvgIpc) is 2.66. The predicted octanol–water partition coefficient (Wildman–Crippen LogP) is 2.72. The van der Waals surface area contributed by atoms with Crippen LogP contribution in [0.4, 0.5) is 11.4 Å². The van der Waals surface area contributed by atoms with E-state index >= 15 is 0 Å². The lowest BCUT2D eigenvalue weighted by molar-refractivity contribution is 0.756. The van der Waals surface area contributed by atoms with E-state index in [0.29, 0.717) is 0 Å². The molecule has 0 aliphatic heterocycles. The van der Waals surface area contributed by atoms with Crippen molar-refractivity contribution in [2.75, 3.05) is 24.3 Å². The fourth-order valence-electron chi connectivity index (χ4n) is 2.14. The molecule has 19 heavy (non-hydrogen) atoms. The summed E-state index contributed by atoms with van der Waals surface area (Å²) >= 11 is 0.